The second-order valence-electron chi connectivity index (χ2n) is 4.47. The Labute approximate surface area is 109 Å². The number of aromatic nitrogens is 2. The maximum atomic E-state index is 4.22. The van der Waals surface area contributed by atoms with Crippen LogP contribution in [0.5, 0.6) is 0 Å². The van der Waals surface area contributed by atoms with Gasteiger partial charge in [-0.3, -0.25) is 0 Å². The van der Waals surface area contributed by atoms with Crippen molar-refractivity contribution in [3.63, 3.8) is 0 Å². The van der Waals surface area contributed by atoms with Crippen molar-refractivity contribution < 1.29 is 0 Å². The van der Waals surface area contributed by atoms with E-state index in [1.807, 2.05) is 19.3 Å². The number of hydrogen-bond donors (Lipinski definition) is 1. The van der Waals surface area contributed by atoms with Crippen molar-refractivity contribution in [1.29, 1.82) is 0 Å². The van der Waals surface area contributed by atoms with Gasteiger partial charge in [0, 0.05) is 32.0 Å². The molecule has 1 N–H and O–H groups in total. The number of nitrogens with zero attached hydrogens (tertiary/aromatic N) is 2. The number of rotatable bonds is 6. The number of aryl methyl sites for hydroxylation is 2. The van der Waals surface area contributed by atoms with Crippen molar-refractivity contribution in [1.82, 2.24) is 14.9 Å². The van der Waals surface area contributed by atoms with Crippen LogP contribution in [0.2, 0.25) is 0 Å². The summed E-state index contributed by atoms with van der Waals surface area (Å²) in [7, 11) is 0. The fourth-order valence-corrected chi connectivity index (χ4v) is 2.14. The van der Waals surface area contributed by atoms with E-state index in [-0.39, 0.29) is 0 Å². The van der Waals surface area contributed by atoms with Crippen LogP contribution in [-0.4, -0.2) is 16.1 Å². The Kier molecular flexibility index (Phi) is 4.53. The van der Waals surface area contributed by atoms with E-state index in [1.54, 1.807) is 0 Å². The predicted molar refractivity (Wildman–Crippen MR) is 74.5 cm³/mol. The highest BCUT2D eigenvalue weighted by atomic mass is 15.1. The summed E-state index contributed by atoms with van der Waals surface area (Å²) in [5, 5.41) is 3.49. The molecule has 1 aromatic carbocycles. The van der Waals surface area contributed by atoms with Crippen molar-refractivity contribution in [2.45, 2.75) is 33.4 Å². The normalized spacial score (nSPS) is 10.8. The molecule has 0 aliphatic heterocycles. The minimum atomic E-state index is 0.942. The third kappa shape index (κ3) is 3.20. The lowest BCUT2D eigenvalue weighted by Gasteiger charge is -2.10. The molecule has 0 amide bonds. The van der Waals surface area contributed by atoms with Gasteiger partial charge in [0.1, 0.15) is 5.82 Å². The molecular weight excluding hydrogens is 222 g/mol. The molecule has 0 spiro atoms. The van der Waals surface area contributed by atoms with E-state index in [2.05, 4.69) is 46.1 Å². The molecule has 2 rings (SSSR count). The summed E-state index contributed by atoms with van der Waals surface area (Å²) in [4.78, 5) is 4.22. The Morgan fingerprint density at radius 2 is 2.00 bits per heavy atom. The highest BCUT2D eigenvalue weighted by Crippen LogP contribution is 2.08. The molecule has 3 nitrogen and oxygen atoms in total. The van der Waals surface area contributed by atoms with Crippen LogP contribution in [0.15, 0.2) is 36.7 Å². The molecule has 96 valence electrons. The Balaban J connectivity index is 1.80. The highest BCUT2D eigenvalue weighted by Gasteiger charge is 1.99. The molecule has 0 saturated heterocycles. The first-order valence-corrected chi connectivity index (χ1v) is 6.56. The fourth-order valence-electron chi connectivity index (χ4n) is 2.14. The Morgan fingerprint density at radius 3 is 2.67 bits per heavy atom. The van der Waals surface area contributed by atoms with Crippen LogP contribution in [0.1, 0.15) is 23.9 Å². The van der Waals surface area contributed by atoms with Gasteiger partial charge in [-0.25, -0.2) is 4.98 Å². The molecule has 3 heteroatoms. The molecule has 0 aliphatic rings. The monoisotopic (exact) mass is 243 g/mol. The zero-order valence-corrected chi connectivity index (χ0v) is 11.2. The van der Waals surface area contributed by atoms with Crippen LogP contribution in [0.25, 0.3) is 0 Å². The van der Waals surface area contributed by atoms with Gasteiger partial charge in [0.05, 0.1) is 0 Å². The third-order valence-corrected chi connectivity index (χ3v) is 3.27. The molecule has 1 aromatic heterocycles. The van der Waals surface area contributed by atoms with Crippen LogP contribution in [0.4, 0.5) is 0 Å². The number of hydrogen-bond acceptors (Lipinski definition) is 2. The number of nitrogens with one attached hydrogen (secondary N) is 1. The van der Waals surface area contributed by atoms with Crippen LogP contribution in [0, 0.1) is 6.92 Å². The Bertz CT molecular complexity index is 488. The maximum absolute atomic E-state index is 4.22. The summed E-state index contributed by atoms with van der Waals surface area (Å²) < 4.78 is 2.17. The van der Waals surface area contributed by atoms with Gasteiger partial charge < -0.3 is 9.88 Å². The zero-order chi connectivity index (χ0) is 12.8. The second-order valence-corrected chi connectivity index (χ2v) is 4.47. The van der Waals surface area contributed by atoms with Gasteiger partial charge >= 0.3 is 0 Å². The quantitative estimate of drug-likeness (QED) is 0.790. The van der Waals surface area contributed by atoms with Crippen LogP contribution in [-0.2, 0) is 19.5 Å². The lowest BCUT2D eigenvalue weighted by Crippen LogP contribution is -2.20. The summed E-state index contributed by atoms with van der Waals surface area (Å²) in [5.41, 5.74) is 2.84. The highest BCUT2D eigenvalue weighted by molar-refractivity contribution is 5.26. The predicted octanol–water partition coefficient (Wildman–Crippen LogP) is 2.54. The van der Waals surface area contributed by atoms with E-state index in [1.165, 1.54) is 11.1 Å². The molecule has 1 heterocycles. The van der Waals surface area contributed by atoms with E-state index >= 15 is 0 Å². The van der Waals surface area contributed by atoms with E-state index < -0.39 is 0 Å². The molecule has 0 unspecified atom stereocenters. The van der Waals surface area contributed by atoms with Crippen LogP contribution in [0.3, 0.4) is 0 Å². The van der Waals surface area contributed by atoms with Crippen molar-refractivity contribution in [3.8, 4) is 0 Å². The van der Waals surface area contributed by atoms with Crippen LogP contribution < -0.4 is 5.32 Å². The summed E-state index contributed by atoms with van der Waals surface area (Å²) in [6.45, 7) is 7.12. The van der Waals surface area contributed by atoms with E-state index in [4.69, 9.17) is 0 Å². The molecular formula is C15H21N3. The van der Waals surface area contributed by atoms with E-state index in [9.17, 15) is 0 Å². The largest absolute Gasteiger partial charge is 0.334 e. The average molecular weight is 243 g/mol. The second kappa shape index (κ2) is 6.36. The average Bonchev–Trinajstić information content (AvgIpc) is 2.81. The summed E-state index contributed by atoms with van der Waals surface area (Å²) in [6.07, 6.45) is 4.97. The Morgan fingerprint density at radius 1 is 1.22 bits per heavy atom. The number of imidazole rings is 1. The molecule has 18 heavy (non-hydrogen) atoms. The van der Waals surface area contributed by atoms with Crippen molar-refractivity contribution in [3.05, 3.63) is 53.6 Å². The lowest BCUT2D eigenvalue weighted by atomic mass is 10.1. The lowest BCUT2D eigenvalue weighted by molar-refractivity contribution is 0.586. The first kappa shape index (κ1) is 12.8. The standard InChI is InChI=1S/C15H21N3/c1-3-14-6-4-5-7-15(14)12-16-8-10-18-11-9-17-13(18)2/h4-7,9,11,16H,3,8,10,12H2,1-2H3. The first-order chi connectivity index (χ1) is 8.81. The summed E-state index contributed by atoms with van der Waals surface area (Å²) >= 11 is 0. The molecule has 0 fully saturated rings. The molecule has 2 aromatic rings. The summed E-state index contributed by atoms with van der Waals surface area (Å²) in [6, 6.07) is 8.62. The van der Waals surface area contributed by atoms with E-state index in [0.29, 0.717) is 0 Å². The number of benzene rings is 1. The minimum Gasteiger partial charge on any atom is -0.334 e. The molecule has 0 atom stereocenters. The van der Waals surface area contributed by atoms with Gasteiger partial charge in [-0.05, 0) is 24.5 Å². The van der Waals surface area contributed by atoms with Gasteiger partial charge in [0.2, 0.25) is 0 Å². The maximum Gasteiger partial charge on any atom is 0.105 e. The van der Waals surface area contributed by atoms with Gasteiger partial charge in [0.25, 0.3) is 0 Å². The van der Waals surface area contributed by atoms with Crippen molar-refractivity contribution in [2.75, 3.05) is 6.54 Å². The van der Waals surface area contributed by atoms with Gasteiger partial charge in [-0.2, -0.15) is 0 Å². The fraction of sp³-hybridized carbons (Fsp3) is 0.400. The van der Waals surface area contributed by atoms with Gasteiger partial charge in [-0.1, -0.05) is 31.2 Å². The van der Waals surface area contributed by atoms with Crippen LogP contribution >= 0.6 is 0 Å². The molecule has 0 bridgehead atoms. The molecule has 0 aliphatic carbocycles. The smallest absolute Gasteiger partial charge is 0.105 e. The van der Waals surface area contributed by atoms with E-state index in [0.717, 1.165) is 31.9 Å². The van der Waals surface area contributed by atoms with Gasteiger partial charge in [0.15, 0.2) is 0 Å². The SMILES string of the molecule is CCc1ccccc1CNCCn1ccnc1C. The zero-order valence-electron chi connectivity index (χ0n) is 11.2. The first-order valence-electron chi connectivity index (χ1n) is 6.56. The Hall–Kier alpha value is -1.61. The van der Waals surface area contributed by atoms with Gasteiger partial charge in [-0.15, -0.1) is 0 Å². The minimum absolute atomic E-state index is 0.942. The topological polar surface area (TPSA) is 29.9 Å². The molecule has 0 saturated carbocycles. The summed E-state index contributed by atoms with van der Waals surface area (Å²) in [5.74, 6) is 1.07. The molecule has 0 radical (unpaired) electrons. The van der Waals surface area contributed by atoms with Crippen molar-refractivity contribution in [2.24, 2.45) is 0 Å². The van der Waals surface area contributed by atoms with Crippen molar-refractivity contribution >= 4 is 0 Å². The third-order valence-electron chi connectivity index (χ3n) is 3.27.